The number of rotatable bonds is 4. The fraction of sp³-hybridized carbons (Fsp3) is 0.333. The highest BCUT2D eigenvalue weighted by atomic mass is 32.1. The van der Waals surface area contributed by atoms with Crippen LogP contribution >= 0.6 is 11.3 Å². The van der Waals surface area contributed by atoms with E-state index in [1.54, 1.807) is 22.7 Å². The second-order valence-electron chi connectivity index (χ2n) is 4.49. The van der Waals surface area contributed by atoms with Gasteiger partial charge in [-0.1, -0.05) is 11.3 Å². The van der Waals surface area contributed by atoms with Gasteiger partial charge >= 0.3 is 0 Å². The van der Waals surface area contributed by atoms with Crippen LogP contribution in [0.3, 0.4) is 0 Å². The molecule has 0 aromatic carbocycles. The van der Waals surface area contributed by atoms with Gasteiger partial charge in [0.15, 0.2) is 0 Å². The van der Waals surface area contributed by atoms with Gasteiger partial charge in [0.05, 0.1) is 18.7 Å². The Morgan fingerprint density at radius 2 is 2.50 bits per heavy atom. The van der Waals surface area contributed by atoms with Crippen LogP contribution in [0, 0.1) is 5.92 Å². The number of anilines is 1. The SMILES string of the molecule is O=C(Nc1nncs1)C1CC(=O)N(Cc2ccco2)C1. The van der Waals surface area contributed by atoms with Gasteiger partial charge in [-0.25, -0.2) is 0 Å². The lowest BCUT2D eigenvalue weighted by Gasteiger charge is -2.14. The highest BCUT2D eigenvalue weighted by molar-refractivity contribution is 7.13. The number of carbonyl (C=O) groups is 2. The number of nitrogens with one attached hydrogen (secondary N) is 1. The Balaban J connectivity index is 1.60. The first-order valence-electron chi connectivity index (χ1n) is 6.09. The lowest BCUT2D eigenvalue weighted by atomic mass is 10.1. The molecule has 1 N–H and O–H groups in total. The second-order valence-corrected chi connectivity index (χ2v) is 5.32. The molecule has 104 valence electrons. The number of hydrogen-bond donors (Lipinski definition) is 1. The standard InChI is InChI=1S/C12H12N4O3S/c17-10-4-8(11(18)14-12-15-13-7-20-12)5-16(10)6-9-2-1-3-19-9/h1-3,7-8H,4-6H2,(H,14,15,18). The molecule has 0 bridgehead atoms. The number of furan rings is 1. The highest BCUT2D eigenvalue weighted by Gasteiger charge is 2.34. The normalized spacial score (nSPS) is 18.5. The van der Waals surface area contributed by atoms with Crippen LogP contribution in [0.15, 0.2) is 28.3 Å². The van der Waals surface area contributed by atoms with Crippen LogP contribution in [0.4, 0.5) is 5.13 Å². The zero-order valence-corrected chi connectivity index (χ0v) is 11.3. The van der Waals surface area contributed by atoms with Crippen LogP contribution in [0.2, 0.25) is 0 Å². The summed E-state index contributed by atoms with van der Waals surface area (Å²) < 4.78 is 5.21. The topological polar surface area (TPSA) is 88.3 Å². The van der Waals surface area contributed by atoms with E-state index in [1.165, 1.54) is 11.3 Å². The maximum absolute atomic E-state index is 12.0. The first kappa shape index (κ1) is 12.8. The third-order valence-electron chi connectivity index (χ3n) is 3.10. The van der Waals surface area contributed by atoms with Crippen LogP contribution in [0.5, 0.6) is 0 Å². The van der Waals surface area contributed by atoms with Crippen molar-refractivity contribution in [2.75, 3.05) is 11.9 Å². The number of carbonyl (C=O) groups excluding carboxylic acids is 2. The smallest absolute Gasteiger partial charge is 0.231 e. The van der Waals surface area contributed by atoms with E-state index in [1.807, 2.05) is 6.07 Å². The molecule has 0 radical (unpaired) electrons. The first-order valence-corrected chi connectivity index (χ1v) is 6.97. The van der Waals surface area contributed by atoms with Gasteiger partial charge in [-0.05, 0) is 12.1 Å². The lowest BCUT2D eigenvalue weighted by molar-refractivity contribution is -0.128. The van der Waals surface area contributed by atoms with Crippen molar-refractivity contribution in [3.63, 3.8) is 0 Å². The third kappa shape index (κ3) is 2.69. The van der Waals surface area contributed by atoms with E-state index in [2.05, 4.69) is 15.5 Å². The quantitative estimate of drug-likeness (QED) is 0.912. The molecule has 2 amide bonds. The first-order chi connectivity index (χ1) is 9.72. The number of hydrogen-bond acceptors (Lipinski definition) is 6. The molecule has 20 heavy (non-hydrogen) atoms. The predicted molar refractivity (Wildman–Crippen MR) is 70.8 cm³/mol. The van der Waals surface area contributed by atoms with Gasteiger partial charge in [0.2, 0.25) is 16.9 Å². The van der Waals surface area contributed by atoms with Gasteiger partial charge in [0.1, 0.15) is 11.3 Å². The van der Waals surface area contributed by atoms with Gasteiger partial charge in [-0.15, -0.1) is 10.2 Å². The summed E-state index contributed by atoms with van der Waals surface area (Å²) in [6.45, 7) is 0.790. The fourth-order valence-corrected chi connectivity index (χ4v) is 2.57. The van der Waals surface area contributed by atoms with Crippen molar-refractivity contribution in [2.24, 2.45) is 5.92 Å². The Kier molecular flexibility index (Phi) is 3.46. The number of likely N-dealkylation sites (tertiary alicyclic amines) is 1. The van der Waals surface area contributed by atoms with Crippen LogP contribution < -0.4 is 5.32 Å². The minimum Gasteiger partial charge on any atom is -0.467 e. The summed E-state index contributed by atoms with van der Waals surface area (Å²) in [7, 11) is 0. The second kappa shape index (κ2) is 5.41. The molecule has 2 aromatic heterocycles. The summed E-state index contributed by atoms with van der Waals surface area (Å²) >= 11 is 1.25. The number of nitrogens with zero attached hydrogens (tertiary/aromatic N) is 3. The monoisotopic (exact) mass is 292 g/mol. The molecule has 1 atom stereocenters. The molecule has 1 aliphatic heterocycles. The van der Waals surface area contributed by atoms with Gasteiger partial charge in [-0.2, -0.15) is 0 Å². The van der Waals surface area contributed by atoms with Gasteiger partial charge in [0.25, 0.3) is 0 Å². The maximum Gasteiger partial charge on any atom is 0.231 e. The maximum atomic E-state index is 12.0. The van der Waals surface area contributed by atoms with E-state index in [9.17, 15) is 9.59 Å². The van der Waals surface area contributed by atoms with Crippen molar-refractivity contribution in [1.29, 1.82) is 0 Å². The zero-order chi connectivity index (χ0) is 13.9. The average Bonchev–Trinajstić information content (AvgIpc) is 3.13. The van der Waals surface area contributed by atoms with Crippen LogP contribution in [0.25, 0.3) is 0 Å². The molecule has 3 rings (SSSR count). The summed E-state index contributed by atoms with van der Waals surface area (Å²) in [6, 6.07) is 3.58. The zero-order valence-electron chi connectivity index (χ0n) is 10.5. The van der Waals surface area contributed by atoms with Crippen molar-refractivity contribution < 1.29 is 14.0 Å². The van der Waals surface area contributed by atoms with E-state index in [4.69, 9.17) is 4.42 Å². The number of aromatic nitrogens is 2. The Bertz CT molecular complexity index is 596. The molecule has 8 heteroatoms. The molecule has 0 aliphatic carbocycles. The molecule has 1 saturated heterocycles. The van der Waals surface area contributed by atoms with E-state index in [-0.39, 0.29) is 24.2 Å². The molecule has 3 heterocycles. The molecule has 7 nitrogen and oxygen atoms in total. The van der Waals surface area contributed by atoms with Crippen LogP contribution in [-0.2, 0) is 16.1 Å². The van der Waals surface area contributed by atoms with Crippen molar-refractivity contribution in [3.05, 3.63) is 29.7 Å². The van der Waals surface area contributed by atoms with Crippen molar-refractivity contribution in [3.8, 4) is 0 Å². The summed E-state index contributed by atoms with van der Waals surface area (Å²) in [5.74, 6) is 0.112. The Morgan fingerprint density at radius 1 is 1.60 bits per heavy atom. The Hall–Kier alpha value is -2.22. The van der Waals surface area contributed by atoms with E-state index in [0.717, 1.165) is 0 Å². The molecule has 0 spiro atoms. The van der Waals surface area contributed by atoms with Crippen molar-refractivity contribution in [2.45, 2.75) is 13.0 Å². The van der Waals surface area contributed by atoms with Gasteiger partial charge < -0.3 is 14.6 Å². The van der Waals surface area contributed by atoms with Crippen molar-refractivity contribution in [1.82, 2.24) is 15.1 Å². The summed E-state index contributed by atoms with van der Waals surface area (Å²) in [5.41, 5.74) is 1.54. The average molecular weight is 292 g/mol. The van der Waals surface area contributed by atoms with Gasteiger partial charge in [-0.3, -0.25) is 9.59 Å². The minimum absolute atomic E-state index is 0.0428. The Morgan fingerprint density at radius 3 is 3.20 bits per heavy atom. The summed E-state index contributed by atoms with van der Waals surface area (Å²) in [6.07, 6.45) is 1.78. The summed E-state index contributed by atoms with van der Waals surface area (Å²) in [4.78, 5) is 25.6. The van der Waals surface area contributed by atoms with E-state index in [0.29, 0.717) is 24.0 Å². The molecule has 2 aromatic rings. The number of amides is 2. The van der Waals surface area contributed by atoms with E-state index >= 15 is 0 Å². The minimum atomic E-state index is -0.360. The Labute approximate surface area is 118 Å². The largest absolute Gasteiger partial charge is 0.467 e. The molecular formula is C12H12N4O3S. The predicted octanol–water partition coefficient (Wildman–Crippen LogP) is 1.12. The van der Waals surface area contributed by atoms with Gasteiger partial charge in [0, 0.05) is 13.0 Å². The molecule has 1 aliphatic rings. The molecular weight excluding hydrogens is 280 g/mol. The highest BCUT2D eigenvalue weighted by Crippen LogP contribution is 2.22. The molecule has 0 saturated carbocycles. The third-order valence-corrected chi connectivity index (χ3v) is 3.71. The fourth-order valence-electron chi connectivity index (χ4n) is 2.13. The van der Waals surface area contributed by atoms with E-state index < -0.39 is 0 Å². The molecule has 1 fully saturated rings. The van der Waals surface area contributed by atoms with Crippen molar-refractivity contribution >= 4 is 28.3 Å². The van der Waals surface area contributed by atoms with Crippen LogP contribution in [0.1, 0.15) is 12.2 Å². The lowest BCUT2D eigenvalue weighted by Crippen LogP contribution is -2.27. The van der Waals surface area contributed by atoms with Crippen LogP contribution in [-0.4, -0.2) is 33.5 Å². The molecule has 1 unspecified atom stereocenters. The summed E-state index contributed by atoms with van der Waals surface area (Å²) in [5, 5.41) is 10.5.